The highest BCUT2D eigenvalue weighted by molar-refractivity contribution is 9.10. The van der Waals surface area contributed by atoms with Crippen LogP contribution in [0.15, 0.2) is 28.9 Å². The predicted octanol–water partition coefficient (Wildman–Crippen LogP) is 4.76. The number of halogens is 3. The van der Waals surface area contributed by atoms with Crippen LogP contribution in [0.25, 0.3) is 0 Å². The Morgan fingerprint density at radius 1 is 1.32 bits per heavy atom. The number of hydrogen-bond acceptors (Lipinski definition) is 2. The first-order valence-electron chi connectivity index (χ1n) is 5.64. The Hall–Kier alpha value is -0.840. The van der Waals surface area contributed by atoms with Gasteiger partial charge in [-0.3, -0.25) is 9.48 Å². The molecule has 0 aliphatic heterocycles. The van der Waals surface area contributed by atoms with E-state index in [0.29, 0.717) is 25.8 Å². The number of carbonyl (C=O) groups is 1. The van der Waals surface area contributed by atoms with E-state index in [-0.39, 0.29) is 11.8 Å². The van der Waals surface area contributed by atoms with Crippen molar-refractivity contribution in [1.82, 2.24) is 9.78 Å². The highest BCUT2D eigenvalue weighted by Gasteiger charge is 2.20. The molecule has 0 N–H and O–H groups in total. The molecule has 0 atom stereocenters. The first-order valence-corrected chi connectivity index (χ1v) is 7.19. The van der Waals surface area contributed by atoms with E-state index >= 15 is 0 Å². The molecule has 2 rings (SSSR count). The Kier molecular flexibility index (Phi) is 4.33. The summed E-state index contributed by atoms with van der Waals surface area (Å²) >= 11 is 15.1. The Bertz CT molecular complexity index is 638. The average molecular weight is 362 g/mol. The summed E-state index contributed by atoms with van der Waals surface area (Å²) < 4.78 is 2.34. The molecule has 0 saturated heterocycles. The number of hydrogen-bond donors (Lipinski definition) is 0. The van der Waals surface area contributed by atoms with E-state index in [1.54, 1.807) is 29.1 Å². The summed E-state index contributed by atoms with van der Waals surface area (Å²) in [5.74, 6) is -0.142. The molecule has 0 bridgehead atoms. The number of rotatable bonds is 3. The SMILES string of the molecule is CC(C)n1ncc(Br)c1C(=O)c1ccc(Cl)c(Cl)c1. The lowest BCUT2D eigenvalue weighted by atomic mass is 10.1. The number of aromatic nitrogens is 2. The van der Waals surface area contributed by atoms with Gasteiger partial charge in [0.05, 0.1) is 20.7 Å². The molecule has 0 aliphatic carbocycles. The molecule has 1 aromatic carbocycles. The molecule has 100 valence electrons. The summed E-state index contributed by atoms with van der Waals surface area (Å²) in [6.45, 7) is 3.93. The largest absolute Gasteiger partial charge is 0.287 e. The Balaban J connectivity index is 2.49. The van der Waals surface area contributed by atoms with Crippen molar-refractivity contribution in [3.63, 3.8) is 0 Å². The third kappa shape index (κ3) is 2.86. The molecule has 1 aromatic heterocycles. The molecule has 2 aromatic rings. The molecular weight excluding hydrogens is 351 g/mol. The van der Waals surface area contributed by atoms with Gasteiger partial charge in [0.1, 0.15) is 5.69 Å². The quantitative estimate of drug-likeness (QED) is 0.738. The maximum absolute atomic E-state index is 12.5. The molecule has 0 saturated carbocycles. The third-order valence-electron chi connectivity index (χ3n) is 2.64. The molecule has 19 heavy (non-hydrogen) atoms. The van der Waals surface area contributed by atoms with E-state index in [1.807, 2.05) is 13.8 Å². The van der Waals surface area contributed by atoms with Crippen LogP contribution in [0.4, 0.5) is 0 Å². The summed E-state index contributed by atoms with van der Waals surface area (Å²) in [4.78, 5) is 12.5. The minimum absolute atomic E-state index is 0.0908. The predicted molar refractivity (Wildman–Crippen MR) is 80.2 cm³/mol. The van der Waals surface area contributed by atoms with E-state index in [2.05, 4.69) is 21.0 Å². The molecule has 0 unspecified atom stereocenters. The highest BCUT2D eigenvalue weighted by Crippen LogP contribution is 2.27. The highest BCUT2D eigenvalue weighted by atomic mass is 79.9. The van der Waals surface area contributed by atoms with Gasteiger partial charge in [-0.1, -0.05) is 23.2 Å². The number of ketones is 1. The van der Waals surface area contributed by atoms with Crippen LogP contribution < -0.4 is 0 Å². The zero-order chi connectivity index (χ0) is 14.2. The lowest BCUT2D eigenvalue weighted by molar-refractivity contribution is 0.102. The fourth-order valence-corrected chi connectivity index (χ4v) is 2.47. The van der Waals surface area contributed by atoms with Crippen molar-refractivity contribution < 1.29 is 4.79 Å². The summed E-state index contributed by atoms with van der Waals surface area (Å²) in [7, 11) is 0. The summed E-state index contributed by atoms with van der Waals surface area (Å²) in [5, 5.41) is 4.98. The fraction of sp³-hybridized carbons (Fsp3) is 0.231. The second-order valence-electron chi connectivity index (χ2n) is 4.34. The molecule has 0 aliphatic rings. The van der Waals surface area contributed by atoms with Gasteiger partial charge in [-0.2, -0.15) is 5.10 Å². The van der Waals surface area contributed by atoms with Crippen molar-refractivity contribution in [2.75, 3.05) is 0 Å². The van der Waals surface area contributed by atoms with E-state index in [1.165, 1.54) is 0 Å². The van der Waals surface area contributed by atoms with Crippen LogP contribution in [0.3, 0.4) is 0 Å². The van der Waals surface area contributed by atoms with Gasteiger partial charge in [0, 0.05) is 11.6 Å². The molecular formula is C13H11BrCl2N2O. The van der Waals surface area contributed by atoms with Gasteiger partial charge in [0.15, 0.2) is 0 Å². The minimum atomic E-state index is -0.142. The van der Waals surface area contributed by atoms with Gasteiger partial charge in [-0.05, 0) is 48.0 Å². The van der Waals surface area contributed by atoms with Crippen LogP contribution in [0.5, 0.6) is 0 Å². The summed E-state index contributed by atoms with van der Waals surface area (Å²) in [6.07, 6.45) is 1.62. The lowest BCUT2D eigenvalue weighted by Crippen LogP contribution is -2.14. The smallest absolute Gasteiger partial charge is 0.212 e. The van der Waals surface area contributed by atoms with Crippen molar-refractivity contribution in [2.24, 2.45) is 0 Å². The lowest BCUT2D eigenvalue weighted by Gasteiger charge is -2.11. The molecule has 1 heterocycles. The van der Waals surface area contributed by atoms with Crippen LogP contribution in [0, 0.1) is 0 Å². The topological polar surface area (TPSA) is 34.9 Å². The molecule has 0 amide bonds. The fourth-order valence-electron chi connectivity index (χ4n) is 1.72. The summed E-state index contributed by atoms with van der Waals surface area (Å²) in [6, 6.07) is 4.92. The van der Waals surface area contributed by atoms with Crippen LogP contribution in [-0.2, 0) is 0 Å². The van der Waals surface area contributed by atoms with Crippen molar-refractivity contribution in [3.8, 4) is 0 Å². The van der Waals surface area contributed by atoms with Crippen molar-refractivity contribution in [3.05, 3.63) is 50.2 Å². The van der Waals surface area contributed by atoms with Crippen LogP contribution >= 0.6 is 39.1 Å². The second kappa shape index (κ2) is 5.65. The maximum atomic E-state index is 12.5. The van der Waals surface area contributed by atoms with Gasteiger partial charge >= 0.3 is 0 Å². The zero-order valence-electron chi connectivity index (χ0n) is 10.3. The standard InChI is InChI=1S/C13H11BrCl2N2O/c1-7(2)18-12(9(14)6-17-18)13(19)8-3-4-10(15)11(16)5-8/h3-7H,1-2H3. The normalized spacial score (nSPS) is 11.1. The monoisotopic (exact) mass is 360 g/mol. The number of carbonyl (C=O) groups excluding carboxylic acids is 1. The Morgan fingerprint density at radius 2 is 2.00 bits per heavy atom. The van der Waals surface area contributed by atoms with Crippen molar-refractivity contribution in [2.45, 2.75) is 19.9 Å². The minimum Gasteiger partial charge on any atom is -0.287 e. The van der Waals surface area contributed by atoms with Crippen LogP contribution in [-0.4, -0.2) is 15.6 Å². The number of nitrogens with zero attached hydrogens (tertiary/aromatic N) is 2. The zero-order valence-corrected chi connectivity index (χ0v) is 13.4. The van der Waals surface area contributed by atoms with Gasteiger partial charge in [-0.15, -0.1) is 0 Å². The molecule has 3 nitrogen and oxygen atoms in total. The van der Waals surface area contributed by atoms with Gasteiger partial charge < -0.3 is 0 Å². The molecule has 0 radical (unpaired) electrons. The summed E-state index contributed by atoms with van der Waals surface area (Å²) in [5.41, 5.74) is 0.992. The van der Waals surface area contributed by atoms with Gasteiger partial charge in [0.25, 0.3) is 0 Å². The first-order chi connectivity index (χ1) is 8.91. The van der Waals surface area contributed by atoms with E-state index in [4.69, 9.17) is 23.2 Å². The van der Waals surface area contributed by atoms with E-state index < -0.39 is 0 Å². The molecule has 0 spiro atoms. The maximum Gasteiger partial charge on any atom is 0.212 e. The number of benzene rings is 1. The van der Waals surface area contributed by atoms with Crippen molar-refractivity contribution in [1.29, 1.82) is 0 Å². The van der Waals surface area contributed by atoms with Gasteiger partial charge in [-0.25, -0.2) is 0 Å². The van der Waals surface area contributed by atoms with E-state index in [9.17, 15) is 4.79 Å². The van der Waals surface area contributed by atoms with Crippen LogP contribution in [0.1, 0.15) is 35.9 Å². The molecule has 0 fully saturated rings. The third-order valence-corrected chi connectivity index (χ3v) is 3.96. The van der Waals surface area contributed by atoms with Crippen molar-refractivity contribution >= 4 is 44.9 Å². The first kappa shape index (κ1) is 14.6. The Morgan fingerprint density at radius 3 is 2.58 bits per heavy atom. The van der Waals surface area contributed by atoms with E-state index in [0.717, 1.165) is 0 Å². The van der Waals surface area contributed by atoms with Crippen LogP contribution in [0.2, 0.25) is 10.0 Å². The Labute approximate surface area is 129 Å². The van der Waals surface area contributed by atoms with Gasteiger partial charge in [0.2, 0.25) is 5.78 Å². The second-order valence-corrected chi connectivity index (χ2v) is 6.01. The molecule has 6 heteroatoms. The average Bonchev–Trinajstić information content (AvgIpc) is 2.74.